The van der Waals surface area contributed by atoms with Crippen molar-refractivity contribution in [3.05, 3.63) is 53.3 Å². The van der Waals surface area contributed by atoms with E-state index in [1.807, 2.05) is 36.1 Å². The van der Waals surface area contributed by atoms with Crippen molar-refractivity contribution >= 4 is 5.96 Å². The van der Waals surface area contributed by atoms with Gasteiger partial charge in [0, 0.05) is 26.3 Å². The molecule has 1 aromatic carbocycles. The standard InChI is InChI=1S/C18H24F3N5O/c1-14-9-25-26(11-14)8-7-23-17(22-2)24-10-15-3-5-16(6-4-15)12-27-13-18(19,20)21/h3-6,9,11H,7-8,10,12-13H2,1-2H3,(H2,22,23,24). The summed E-state index contributed by atoms with van der Waals surface area (Å²) < 4.78 is 42.7. The number of aromatic nitrogens is 2. The van der Waals surface area contributed by atoms with Crippen LogP contribution in [-0.2, 0) is 24.4 Å². The first-order chi connectivity index (χ1) is 12.9. The number of nitrogens with one attached hydrogen (secondary N) is 2. The monoisotopic (exact) mass is 383 g/mol. The Labute approximate surface area is 156 Å². The van der Waals surface area contributed by atoms with Crippen molar-refractivity contribution in [1.29, 1.82) is 0 Å². The molecular formula is C18H24F3N5O. The summed E-state index contributed by atoms with van der Waals surface area (Å²) in [7, 11) is 1.69. The molecule has 1 aromatic heterocycles. The molecule has 0 fully saturated rings. The molecule has 0 radical (unpaired) electrons. The van der Waals surface area contributed by atoms with Crippen LogP contribution < -0.4 is 10.6 Å². The average Bonchev–Trinajstić information content (AvgIpc) is 3.03. The molecule has 1 heterocycles. The minimum Gasteiger partial charge on any atom is -0.367 e. The molecule has 9 heteroatoms. The Morgan fingerprint density at radius 2 is 1.89 bits per heavy atom. The number of benzene rings is 1. The van der Waals surface area contributed by atoms with Gasteiger partial charge in [0.05, 0.1) is 19.3 Å². The Morgan fingerprint density at radius 1 is 1.19 bits per heavy atom. The first-order valence-corrected chi connectivity index (χ1v) is 8.51. The van der Waals surface area contributed by atoms with Gasteiger partial charge in [0.15, 0.2) is 5.96 Å². The Bertz CT molecular complexity index is 725. The molecule has 0 spiro atoms. The van der Waals surface area contributed by atoms with Crippen molar-refractivity contribution < 1.29 is 17.9 Å². The Kier molecular flexibility index (Phi) is 7.66. The van der Waals surface area contributed by atoms with E-state index < -0.39 is 12.8 Å². The van der Waals surface area contributed by atoms with Crippen LogP contribution in [0.5, 0.6) is 0 Å². The SMILES string of the molecule is CN=C(NCCn1cc(C)cn1)NCc1ccc(COCC(F)(F)F)cc1. The highest BCUT2D eigenvalue weighted by Gasteiger charge is 2.27. The van der Waals surface area contributed by atoms with E-state index in [2.05, 4.69) is 25.5 Å². The van der Waals surface area contributed by atoms with E-state index in [4.69, 9.17) is 0 Å². The number of hydrogen-bond acceptors (Lipinski definition) is 3. The highest BCUT2D eigenvalue weighted by molar-refractivity contribution is 5.79. The molecule has 0 amide bonds. The fourth-order valence-electron chi connectivity index (χ4n) is 2.32. The van der Waals surface area contributed by atoms with E-state index in [1.54, 1.807) is 19.2 Å². The van der Waals surface area contributed by atoms with Crippen molar-refractivity contribution in [3.63, 3.8) is 0 Å². The minimum absolute atomic E-state index is 0.0661. The summed E-state index contributed by atoms with van der Waals surface area (Å²) in [5.74, 6) is 0.663. The lowest BCUT2D eigenvalue weighted by Crippen LogP contribution is -2.38. The van der Waals surface area contributed by atoms with Gasteiger partial charge in [0.2, 0.25) is 0 Å². The zero-order valence-corrected chi connectivity index (χ0v) is 15.4. The molecule has 0 saturated carbocycles. The summed E-state index contributed by atoms with van der Waals surface area (Å²) in [4.78, 5) is 4.16. The van der Waals surface area contributed by atoms with E-state index >= 15 is 0 Å². The van der Waals surface area contributed by atoms with E-state index in [0.717, 1.165) is 17.7 Å². The van der Waals surface area contributed by atoms with Crippen LogP contribution in [0.2, 0.25) is 0 Å². The molecule has 27 heavy (non-hydrogen) atoms. The molecule has 0 unspecified atom stereocenters. The fraction of sp³-hybridized carbons (Fsp3) is 0.444. The van der Waals surface area contributed by atoms with Crippen LogP contribution >= 0.6 is 0 Å². The van der Waals surface area contributed by atoms with Gasteiger partial charge < -0.3 is 15.4 Å². The fourth-order valence-corrected chi connectivity index (χ4v) is 2.32. The Morgan fingerprint density at radius 3 is 2.48 bits per heavy atom. The van der Waals surface area contributed by atoms with Gasteiger partial charge in [-0.05, 0) is 23.6 Å². The number of nitrogens with zero attached hydrogens (tertiary/aromatic N) is 3. The third kappa shape index (κ3) is 8.12. The quantitative estimate of drug-likeness (QED) is 0.543. The normalized spacial score (nSPS) is 12.3. The maximum absolute atomic E-state index is 12.1. The highest BCUT2D eigenvalue weighted by atomic mass is 19.4. The number of alkyl halides is 3. The molecule has 0 bridgehead atoms. The van der Waals surface area contributed by atoms with Crippen molar-refractivity contribution in [1.82, 2.24) is 20.4 Å². The number of halogens is 3. The molecule has 0 saturated heterocycles. The molecular weight excluding hydrogens is 359 g/mol. The largest absolute Gasteiger partial charge is 0.411 e. The summed E-state index contributed by atoms with van der Waals surface area (Å²) in [6.45, 7) is 2.63. The van der Waals surface area contributed by atoms with Crippen LogP contribution in [0.15, 0.2) is 41.7 Å². The zero-order valence-electron chi connectivity index (χ0n) is 15.4. The summed E-state index contributed by atoms with van der Waals surface area (Å²) in [5.41, 5.74) is 2.80. The second-order valence-electron chi connectivity index (χ2n) is 6.06. The Hall–Kier alpha value is -2.55. The first-order valence-electron chi connectivity index (χ1n) is 8.51. The lowest BCUT2D eigenvalue weighted by atomic mass is 10.1. The van der Waals surface area contributed by atoms with E-state index in [0.29, 0.717) is 24.6 Å². The number of ether oxygens (including phenoxy) is 1. The third-order valence-electron chi connectivity index (χ3n) is 3.64. The number of hydrogen-bond donors (Lipinski definition) is 2. The predicted octanol–water partition coefficient (Wildman–Crippen LogP) is 2.64. The molecule has 0 atom stereocenters. The molecule has 2 N–H and O–H groups in total. The van der Waals surface area contributed by atoms with Crippen molar-refractivity contribution in [3.8, 4) is 0 Å². The van der Waals surface area contributed by atoms with Gasteiger partial charge in [-0.3, -0.25) is 9.67 Å². The molecule has 148 valence electrons. The average molecular weight is 383 g/mol. The maximum Gasteiger partial charge on any atom is 0.411 e. The lowest BCUT2D eigenvalue weighted by Gasteiger charge is -2.12. The number of aryl methyl sites for hydroxylation is 1. The van der Waals surface area contributed by atoms with Crippen LogP contribution in [0.25, 0.3) is 0 Å². The van der Waals surface area contributed by atoms with Gasteiger partial charge in [-0.1, -0.05) is 24.3 Å². The molecule has 0 aliphatic heterocycles. The van der Waals surface area contributed by atoms with E-state index in [9.17, 15) is 13.2 Å². The molecule has 6 nitrogen and oxygen atoms in total. The number of rotatable bonds is 8. The number of guanidine groups is 1. The second-order valence-corrected chi connectivity index (χ2v) is 6.06. The van der Waals surface area contributed by atoms with Crippen LogP contribution in [0.1, 0.15) is 16.7 Å². The van der Waals surface area contributed by atoms with Gasteiger partial charge in [-0.25, -0.2) is 0 Å². The van der Waals surface area contributed by atoms with Crippen molar-refractivity contribution in [2.45, 2.75) is 32.8 Å². The summed E-state index contributed by atoms with van der Waals surface area (Å²) in [6, 6.07) is 7.20. The van der Waals surface area contributed by atoms with E-state index in [1.165, 1.54) is 0 Å². The van der Waals surface area contributed by atoms with Crippen molar-refractivity contribution in [2.24, 2.45) is 4.99 Å². The van der Waals surface area contributed by atoms with Crippen LogP contribution in [0.3, 0.4) is 0 Å². The number of aliphatic imine (C=N–C) groups is 1. The second kappa shape index (κ2) is 9.96. The zero-order chi connectivity index (χ0) is 19.7. The molecule has 2 rings (SSSR count). The smallest absolute Gasteiger partial charge is 0.367 e. The first kappa shape index (κ1) is 20.8. The molecule has 0 aliphatic carbocycles. The van der Waals surface area contributed by atoms with Gasteiger partial charge >= 0.3 is 6.18 Å². The Balaban J connectivity index is 1.70. The topological polar surface area (TPSA) is 63.5 Å². The predicted molar refractivity (Wildman–Crippen MR) is 97.3 cm³/mol. The van der Waals surface area contributed by atoms with Crippen LogP contribution in [0, 0.1) is 6.92 Å². The van der Waals surface area contributed by atoms with Gasteiger partial charge in [-0.2, -0.15) is 18.3 Å². The van der Waals surface area contributed by atoms with Gasteiger partial charge in [-0.15, -0.1) is 0 Å². The van der Waals surface area contributed by atoms with Gasteiger partial charge in [0.1, 0.15) is 6.61 Å². The lowest BCUT2D eigenvalue weighted by molar-refractivity contribution is -0.176. The van der Waals surface area contributed by atoms with Crippen molar-refractivity contribution in [2.75, 3.05) is 20.2 Å². The van der Waals surface area contributed by atoms with Crippen LogP contribution in [0.4, 0.5) is 13.2 Å². The summed E-state index contributed by atoms with van der Waals surface area (Å²) in [6.07, 6.45) is -0.522. The minimum atomic E-state index is -4.30. The van der Waals surface area contributed by atoms with Crippen LogP contribution in [-0.4, -0.2) is 42.1 Å². The van der Waals surface area contributed by atoms with Gasteiger partial charge in [0.25, 0.3) is 0 Å². The maximum atomic E-state index is 12.1. The third-order valence-corrected chi connectivity index (χ3v) is 3.64. The molecule has 0 aliphatic rings. The van der Waals surface area contributed by atoms with E-state index in [-0.39, 0.29) is 6.61 Å². The molecule has 2 aromatic rings. The highest BCUT2D eigenvalue weighted by Crippen LogP contribution is 2.15. The summed E-state index contributed by atoms with van der Waals surface area (Å²) in [5, 5.41) is 10.6. The summed E-state index contributed by atoms with van der Waals surface area (Å²) >= 11 is 0.